The standard InChI is InChI=1S/C19H20N4/c1-4-12-23(13-5-1)16-10-8-15(9-11-16)22-19-17-6-2-3-7-18(17)20-14-21-19/h2-3,6-11,14H,1,4-5,12-13H2,(H,20,21,22). The lowest BCUT2D eigenvalue weighted by Crippen LogP contribution is -2.29. The van der Waals surface area contributed by atoms with Crippen LogP contribution in [0.3, 0.4) is 0 Å². The zero-order valence-corrected chi connectivity index (χ0v) is 13.1. The maximum Gasteiger partial charge on any atom is 0.141 e. The van der Waals surface area contributed by atoms with E-state index in [0.29, 0.717) is 0 Å². The van der Waals surface area contributed by atoms with Gasteiger partial charge in [0, 0.05) is 29.9 Å². The molecule has 0 saturated carbocycles. The van der Waals surface area contributed by atoms with E-state index >= 15 is 0 Å². The zero-order chi connectivity index (χ0) is 15.5. The van der Waals surface area contributed by atoms with Gasteiger partial charge in [0.2, 0.25) is 0 Å². The molecule has 4 heteroatoms. The summed E-state index contributed by atoms with van der Waals surface area (Å²) in [6.07, 6.45) is 5.56. The molecule has 116 valence electrons. The minimum absolute atomic E-state index is 0.848. The highest BCUT2D eigenvalue weighted by Gasteiger charge is 2.10. The average Bonchev–Trinajstić information content (AvgIpc) is 2.63. The summed E-state index contributed by atoms with van der Waals surface area (Å²) in [4.78, 5) is 11.1. The van der Waals surface area contributed by atoms with Crippen LogP contribution in [0.15, 0.2) is 54.9 Å². The number of aromatic nitrogens is 2. The number of fused-ring (bicyclic) bond motifs is 1. The second kappa shape index (κ2) is 6.24. The van der Waals surface area contributed by atoms with Gasteiger partial charge in [-0.05, 0) is 55.7 Å². The summed E-state index contributed by atoms with van der Waals surface area (Å²) < 4.78 is 0. The molecule has 0 bridgehead atoms. The van der Waals surface area contributed by atoms with Gasteiger partial charge in [0.1, 0.15) is 12.1 Å². The van der Waals surface area contributed by atoms with E-state index in [1.54, 1.807) is 6.33 Å². The first-order chi connectivity index (χ1) is 11.4. The monoisotopic (exact) mass is 304 g/mol. The molecule has 1 aliphatic rings. The fourth-order valence-corrected chi connectivity index (χ4v) is 3.15. The van der Waals surface area contributed by atoms with Gasteiger partial charge in [0.05, 0.1) is 5.52 Å². The Kier molecular flexibility index (Phi) is 3.80. The van der Waals surface area contributed by atoms with Crippen LogP contribution in [0.25, 0.3) is 10.9 Å². The Morgan fingerprint density at radius 2 is 1.61 bits per heavy atom. The number of para-hydroxylation sites is 1. The van der Waals surface area contributed by atoms with Crippen LogP contribution in [-0.4, -0.2) is 23.1 Å². The van der Waals surface area contributed by atoms with Gasteiger partial charge < -0.3 is 10.2 Å². The van der Waals surface area contributed by atoms with Crippen molar-refractivity contribution in [3.8, 4) is 0 Å². The highest BCUT2D eigenvalue weighted by molar-refractivity contribution is 5.90. The van der Waals surface area contributed by atoms with Gasteiger partial charge in [-0.3, -0.25) is 0 Å². The predicted octanol–water partition coefficient (Wildman–Crippen LogP) is 4.36. The molecule has 0 spiro atoms. The minimum Gasteiger partial charge on any atom is -0.372 e. The molecule has 4 nitrogen and oxygen atoms in total. The first-order valence-electron chi connectivity index (χ1n) is 8.22. The van der Waals surface area contributed by atoms with E-state index in [4.69, 9.17) is 0 Å². The topological polar surface area (TPSA) is 41.0 Å². The van der Waals surface area contributed by atoms with Crippen molar-refractivity contribution in [1.82, 2.24) is 9.97 Å². The molecule has 4 rings (SSSR count). The zero-order valence-electron chi connectivity index (χ0n) is 13.1. The molecule has 2 heterocycles. The summed E-state index contributed by atoms with van der Waals surface area (Å²) in [7, 11) is 0. The third kappa shape index (κ3) is 2.97. The van der Waals surface area contributed by atoms with Gasteiger partial charge in [-0.1, -0.05) is 12.1 Å². The van der Waals surface area contributed by atoms with Crippen LogP contribution >= 0.6 is 0 Å². The van der Waals surface area contributed by atoms with Gasteiger partial charge in [0.15, 0.2) is 0 Å². The van der Waals surface area contributed by atoms with Crippen molar-refractivity contribution in [2.24, 2.45) is 0 Å². The van der Waals surface area contributed by atoms with Crippen molar-refractivity contribution in [1.29, 1.82) is 0 Å². The number of nitrogens with zero attached hydrogens (tertiary/aromatic N) is 3. The molecular formula is C19H20N4. The summed E-state index contributed by atoms with van der Waals surface area (Å²) in [5.41, 5.74) is 3.31. The fraction of sp³-hybridized carbons (Fsp3) is 0.263. The van der Waals surface area contributed by atoms with Crippen LogP contribution < -0.4 is 10.2 Å². The van der Waals surface area contributed by atoms with E-state index in [9.17, 15) is 0 Å². The Hall–Kier alpha value is -2.62. The number of benzene rings is 2. The Labute approximate surface area is 136 Å². The van der Waals surface area contributed by atoms with Crippen molar-refractivity contribution in [3.63, 3.8) is 0 Å². The van der Waals surface area contributed by atoms with E-state index in [2.05, 4.69) is 44.5 Å². The van der Waals surface area contributed by atoms with Gasteiger partial charge in [-0.2, -0.15) is 0 Å². The van der Waals surface area contributed by atoms with Crippen LogP contribution in [0.1, 0.15) is 19.3 Å². The molecule has 1 aliphatic heterocycles. The van der Waals surface area contributed by atoms with Gasteiger partial charge in [0.25, 0.3) is 0 Å². The second-order valence-electron chi connectivity index (χ2n) is 5.96. The number of hydrogen-bond donors (Lipinski definition) is 1. The Morgan fingerprint density at radius 3 is 2.43 bits per heavy atom. The van der Waals surface area contributed by atoms with E-state index in [-0.39, 0.29) is 0 Å². The molecule has 0 radical (unpaired) electrons. The molecule has 0 amide bonds. The Bertz CT molecular complexity index is 787. The molecule has 1 fully saturated rings. The molecule has 0 unspecified atom stereocenters. The summed E-state index contributed by atoms with van der Waals surface area (Å²) in [6.45, 7) is 2.34. The number of nitrogens with one attached hydrogen (secondary N) is 1. The Balaban J connectivity index is 1.56. The van der Waals surface area contributed by atoms with Crippen LogP contribution in [0.4, 0.5) is 17.2 Å². The molecule has 1 aromatic heterocycles. The molecular weight excluding hydrogens is 284 g/mol. The molecule has 2 aromatic carbocycles. The van der Waals surface area contributed by atoms with Crippen molar-refractivity contribution >= 4 is 28.1 Å². The van der Waals surface area contributed by atoms with E-state index in [0.717, 1.165) is 22.4 Å². The van der Waals surface area contributed by atoms with Crippen LogP contribution in [0.5, 0.6) is 0 Å². The first-order valence-corrected chi connectivity index (χ1v) is 8.22. The third-order valence-electron chi connectivity index (χ3n) is 4.39. The lowest BCUT2D eigenvalue weighted by molar-refractivity contribution is 0.578. The largest absolute Gasteiger partial charge is 0.372 e. The van der Waals surface area contributed by atoms with Crippen molar-refractivity contribution < 1.29 is 0 Å². The lowest BCUT2D eigenvalue weighted by atomic mass is 10.1. The predicted molar refractivity (Wildman–Crippen MR) is 95.3 cm³/mol. The molecule has 23 heavy (non-hydrogen) atoms. The van der Waals surface area contributed by atoms with Gasteiger partial charge in [-0.15, -0.1) is 0 Å². The highest BCUT2D eigenvalue weighted by atomic mass is 15.1. The third-order valence-corrected chi connectivity index (χ3v) is 4.39. The summed E-state index contributed by atoms with van der Waals surface area (Å²) in [6, 6.07) is 16.7. The maximum absolute atomic E-state index is 4.38. The SMILES string of the molecule is c1ccc2c(Nc3ccc(N4CCCCC4)cc3)ncnc2c1. The van der Waals surface area contributed by atoms with E-state index < -0.39 is 0 Å². The summed E-state index contributed by atoms with van der Waals surface area (Å²) >= 11 is 0. The second-order valence-corrected chi connectivity index (χ2v) is 5.96. The van der Waals surface area contributed by atoms with Crippen LogP contribution in [0.2, 0.25) is 0 Å². The van der Waals surface area contributed by atoms with Gasteiger partial charge in [-0.25, -0.2) is 9.97 Å². The van der Waals surface area contributed by atoms with Crippen LogP contribution in [0, 0.1) is 0 Å². The number of piperidine rings is 1. The number of rotatable bonds is 3. The number of anilines is 3. The molecule has 0 aliphatic carbocycles. The van der Waals surface area contributed by atoms with Crippen molar-refractivity contribution in [3.05, 3.63) is 54.9 Å². The van der Waals surface area contributed by atoms with E-state index in [1.165, 1.54) is 38.0 Å². The molecule has 1 N–H and O–H groups in total. The highest BCUT2D eigenvalue weighted by Crippen LogP contribution is 2.25. The summed E-state index contributed by atoms with van der Waals surface area (Å²) in [5.74, 6) is 0.848. The lowest BCUT2D eigenvalue weighted by Gasteiger charge is -2.28. The molecule has 3 aromatic rings. The smallest absolute Gasteiger partial charge is 0.141 e. The molecule has 1 saturated heterocycles. The van der Waals surface area contributed by atoms with Crippen LogP contribution in [-0.2, 0) is 0 Å². The molecule has 0 atom stereocenters. The van der Waals surface area contributed by atoms with Crippen molar-refractivity contribution in [2.45, 2.75) is 19.3 Å². The fourth-order valence-electron chi connectivity index (χ4n) is 3.15. The maximum atomic E-state index is 4.38. The first kappa shape index (κ1) is 14.0. The normalized spacial score (nSPS) is 14.9. The average molecular weight is 304 g/mol. The number of hydrogen-bond acceptors (Lipinski definition) is 4. The van der Waals surface area contributed by atoms with Crippen molar-refractivity contribution in [2.75, 3.05) is 23.3 Å². The summed E-state index contributed by atoms with van der Waals surface area (Å²) in [5, 5.41) is 4.44. The minimum atomic E-state index is 0.848. The van der Waals surface area contributed by atoms with Gasteiger partial charge >= 0.3 is 0 Å². The van der Waals surface area contributed by atoms with E-state index in [1.807, 2.05) is 24.3 Å². The quantitative estimate of drug-likeness (QED) is 0.780. The Morgan fingerprint density at radius 1 is 0.826 bits per heavy atom.